The number of carbonyl (C=O) groups is 2. The topological polar surface area (TPSA) is 49.9 Å². The van der Waals surface area contributed by atoms with Crippen molar-refractivity contribution in [3.05, 3.63) is 81.7 Å². The van der Waals surface area contributed by atoms with Crippen LogP contribution in [0, 0.1) is 6.92 Å². The van der Waals surface area contributed by atoms with Crippen molar-refractivity contribution in [2.24, 2.45) is 0 Å². The molecule has 3 heterocycles. The Kier molecular flexibility index (Phi) is 4.87. The molecule has 0 radical (unpaired) electrons. The summed E-state index contributed by atoms with van der Waals surface area (Å²) in [5.41, 5.74) is 4.52. The number of anilines is 2. The zero-order valence-electron chi connectivity index (χ0n) is 17.4. The fourth-order valence-corrected chi connectivity index (χ4v) is 5.13. The highest BCUT2D eigenvalue weighted by molar-refractivity contribution is 7.11. The van der Waals surface area contributed by atoms with E-state index >= 15 is 0 Å². The predicted octanol–water partition coefficient (Wildman–Crippen LogP) is 4.80. The Balaban J connectivity index is 1.70. The van der Waals surface area contributed by atoms with Gasteiger partial charge in [0.1, 0.15) is 11.4 Å². The van der Waals surface area contributed by atoms with Gasteiger partial charge in [-0.05, 0) is 60.5 Å². The van der Waals surface area contributed by atoms with Crippen LogP contribution in [-0.4, -0.2) is 25.5 Å². The maximum Gasteiger partial charge on any atom is 0.282 e. The largest absolute Gasteiger partial charge is 0.495 e. The number of para-hydroxylation sites is 1. The number of nitrogens with zero attached hydrogens (tertiary/aromatic N) is 2. The molecule has 0 fully saturated rings. The molecular formula is C25H22N2O3S. The Labute approximate surface area is 185 Å². The van der Waals surface area contributed by atoms with E-state index in [1.54, 1.807) is 13.2 Å². The van der Waals surface area contributed by atoms with E-state index in [9.17, 15) is 9.59 Å². The average Bonchev–Trinajstić information content (AvgIpc) is 3.39. The van der Waals surface area contributed by atoms with E-state index in [4.69, 9.17) is 4.74 Å². The molecule has 0 saturated carbocycles. The first-order valence-electron chi connectivity index (χ1n) is 10.3. The van der Waals surface area contributed by atoms with Gasteiger partial charge in [-0.2, -0.15) is 0 Å². The van der Waals surface area contributed by atoms with Crippen molar-refractivity contribution >= 4 is 40.1 Å². The Morgan fingerprint density at radius 2 is 1.81 bits per heavy atom. The number of ether oxygens (including phenoxy) is 1. The number of hydrogen-bond donors (Lipinski definition) is 0. The van der Waals surface area contributed by atoms with Crippen LogP contribution in [0.3, 0.4) is 0 Å². The van der Waals surface area contributed by atoms with Crippen LogP contribution in [0.4, 0.5) is 11.4 Å². The van der Waals surface area contributed by atoms with Crippen LogP contribution in [0.15, 0.2) is 65.7 Å². The minimum absolute atomic E-state index is 0.311. The monoisotopic (exact) mass is 430 g/mol. The summed E-state index contributed by atoms with van der Waals surface area (Å²) < 4.78 is 5.50. The maximum absolute atomic E-state index is 13.9. The van der Waals surface area contributed by atoms with Gasteiger partial charge in [0, 0.05) is 17.1 Å². The number of thiophene rings is 1. The standard InChI is InChI=1S/C25H22N2O3S/c1-16-11-12-20(30-2)19(15-16)27-24(28)22(21-10-6-14-31-21)23(25(27)29)26-13-5-8-17-7-3-4-9-18(17)26/h3-4,6-7,9-12,14-15H,5,8,13H2,1-2H3. The molecule has 0 atom stereocenters. The molecule has 1 aromatic heterocycles. The van der Waals surface area contributed by atoms with E-state index in [-0.39, 0.29) is 11.8 Å². The first kappa shape index (κ1) is 19.6. The quantitative estimate of drug-likeness (QED) is 0.558. The molecule has 0 N–H and O–H groups in total. The normalized spacial score (nSPS) is 16.2. The molecule has 2 aliphatic rings. The molecule has 2 amide bonds. The number of imide groups is 1. The van der Waals surface area contributed by atoms with Crippen LogP contribution in [0.2, 0.25) is 0 Å². The Hall–Kier alpha value is -3.38. The third kappa shape index (κ3) is 3.15. The van der Waals surface area contributed by atoms with E-state index in [0.717, 1.165) is 29.0 Å². The minimum Gasteiger partial charge on any atom is -0.495 e. The van der Waals surface area contributed by atoms with Crippen molar-refractivity contribution in [3.8, 4) is 5.75 Å². The van der Waals surface area contributed by atoms with Crippen LogP contribution < -0.4 is 14.5 Å². The van der Waals surface area contributed by atoms with Gasteiger partial charge < -0.3 is 9.64 Å². The molecule has 31 heavy (non-hydrogen) atoms. The lowest BCUT2D eigenvalue weighted by atomic mass is 10.00. The van der Waals surface area contributed by atoms with Gasteiger partial charge in [-0.25, -0.2) is 4.90 Å². The molecule has 6 heteroatoms. The van der Waals surface area contributed by atoms with Crippen LogP contribution in [0.1, 0.15) is 22.4 Å². The van der Waals surface area contributed by atoms with Gasteiger partial charge in [0.2, 0.25) is 0 Å². The first-order valence-corrected chi connectivity index (χ1v) is 11.1. The second kappa shape index (κ2) is 7.71. The highest BCUT2D eigenvalue weighted by Crippen LogP contribution is 2.42. The Morgan fingerprint density at radius 3 is 2.58 bits per heavy atom. The zero-order valence-corrected chi connectivity index (χ0v) is 18.2. The summed E-state index contributed by atoms with van der Waals surface area (Å²) in [6, 6.07) is 17.4. The van der Waals surface area contributed by atoms with Crippen molar-refractivity contribution in [2.45, 2.75) is 19.8 Å². The van der Waals surface area contributed by atoms with Crippen molar-refractivity contribution < 1.29 is 14.3 Å². The first-order chi connectivity index (χ1) is 15.1. The molecule has 2 aromatic carbocycles. The number of fused-ring (bicyclic) bond motifs is 1. The van der Waals surface area contributed by atoms with Crippen LogP contribution in [0.5, 0.6) is 5.75 Å². The summed E-state index contributed by atoms with van der Waals surface area (Å²) >= 11 is 1.47. The van der Waals surface area contributed by atoms with E-state index < -0.39 is 0 Å². The highest BCUT2D eigenvalue weighted by Gasteiger charge is 2.44. The maximum atomic E-state index is 13.9. The molecule has 0 saturated heterocycles. The van der Waals surface area contributed by atoms with Crippen molar-refractivity contribution in [3.63, 3.8) is 0 Å². The lowest BCUT2D eigenvalue weighted by Crippen LogP contribution is -2.37. The molecule has 156 valence electrons. The molecule has 3 aromatic rings. The van der Waals surface area contributed by atoms with E-state index in [1.165, 1.54) is 21.8 Å². The average molecular weight is 431 g/mol. The number of carbonyl (C=O) groups excluding carboxylic acids is 2. The fourth-order valence-electron chi connectivity index (χ4n) is 4.37. The van der Waals surface area contributed by atoms with Gasteiger partial charge in [-0.15, -0.1) is 11.3 Å². The van der Waals surface area contributed by atoms with Gasteiger partial charge >= 0.3 is 0 Å². The van der Waals surface area contributed by atoms with Crippen LogP contribution >= 0.6 is 11.3 Å². The summed E-state index contributed by atoms with van der Waals surface area (Å²) in [5.74, 6) is -0.124. The third-order valence-electron chi connectivity index (χ3n) is 5.78. The number of amides is 2. The van der Waals surface area contributed by atoms with Gasteiger partial charge in [-0.3, -0.25) is 9.59 Å². The summed E-state index contributed by atoms with van der Waals surface area (Å²) in [6.07, 6.45) is 1.89. The van der Waals surface area contributed by atoms with Gasteiger partial charge in [0.05, 0.1) is 18.4 Å². The van der Waals surface area contributed by atoms with Crippen LogP contribution in [0.25, 0.3) is 5.57 Å². The molecular weight excluding hydrogens is 408 g/mol. The lowest BCUT2D eigenvalue weighted by Gasteiger charge is -2.32. The van der Waals surface area contributed by atoms with Crippen molar-refractivity contribution in [2.75, 3.05) is 23.5 Å². The van der Waals surface area contributed by atoms with Crippen LogP contribution in [-0.2, 0) is 16.0 Å². The van der Waals surface area contributed by atoms with Crippen molar-refractivity contribution in [1.82, 2.24) is 0 Å². The lowest BCUT2D eigenvalue weighted by molar-refractivity contribution is -0.120. The summed E-state index contributed by atoms with van der Waals surface area (Å²) in [5, 5.41) is 1.93. The highest BCUT2D eigenvalue weighted by atomic mass is 32.1. The SMILES string of the molecule is COc1ccc(C)cc1N1C(=O)C(c2cccs2)=C(N2CCCc3ccccc32)C1=O. The minimum atomic E-state index is -0.311. The second-order valence-corrected chi connectivity index (χ2v) is 8.65. The smallest absolute Gasteiger partial charge is 0.282 e. The predicted molar refractivity (Wildman–Crippen MR) is 124 cm³/mol. The molecule has 0 spiro atoms. The zero-order chi connectivity index (χ0) is 21.5. The summed E-state index contributed by atoms with van der Waals surface area (Å²) in [7, 11) is 1.55. The fraction of sp³-hybridized carbons (Fsp3) is 0.200. The second-order valence-electron chi connectivity index (χ2n) is 7.71. The number of hydrogen-bond acceptors (Lipinski definition) is 5. The van der Waals surface area contributed by atoms with Gasteiger partial charge in [-0.1, -0.05) is 30.3 Å². The van der Waals surface area contributed by atoms with Gasteiger partial charge in [0.25, 0.3) is 11.8 Å². The third-order valence-corrected chi connectivity index (χ3v) is 6.67. The van der Waals surface area contributed by atoms with Gasteiger partial charge in [0.15, 0.2) is 0 Å². The summed E-state index contributed by atoms with van der Waals surface area (Å²) in [4.78, 5) is 31.7. The number of benzene rings is 2. The summed E-state index contributed by atoms with van der Waals surface area (Å²) in [6.45, 7) is 2.63. The van der Waals surface area contributed by atoms with E-state index in [0.29, 0.717) is 29.3 Å². The molecule has 0 unspecified atom stereocenters. The van der Waals surface area contributed by atoms with Crippen molar-refractivity contribution in [1.29, 1.82) is 0 Å². The molecule has 5 rings (SSSR count). The molecule has 2 aliphatic heterocycles. The number of rotatable bonds is 4. The number of aryl methyl sites for hydroxylation is 2. The number of methoxy groups -OCH3 is 1. The Bertz CT molecular complexity index is 1210. The molecule has 0 aliphatic carbocycles. The van der Waals surface area contributed by atoms with E-state index in [2.05, 4.69) is 6.07 Å². The van der Waals surface area contributed by atoms with E-state index in [1.807, 2.05) is 59.7 Å². The molecule has 5 nitrogen and oxygen atoms in total. The molecule has 0 bridgehead atoms. The Morgan fingerprint density at radius 1 is 0.968 bits per heavy atom.